The Morgan fingerprint density at radius 1 is 1.54 bits per heavy atom. The smallest absolute Gasteiger partial charge is 0.321 e. The lowest BCUT2D eigenvalue weighted by atomic mass is 10.0. The van der Waals surface area contributed by atoms with E-state index >= 15 is 0 Å². The number of hydrogen-bond acceptors (Lipinski definition) is 3. The molecule has 76 valence electrons. The van der Waals surface area contributed by atoms with Gasteiger partial charge in [0.15, 0.2) is 0 Å². The first-order valence-corrected chi connectivity index (χ1v) is 5.40. The fraction of sp³-hybridized carbons (Fsp3) is 0.889. The highest BCUT2D eigenvalue weighted by Gasteiger charge is 2.44. The first-order valence-electron chi connectivity index (χ1n) is 4.52. The van der Waals surface area contributed by atoms with Crippen molar-refractivity contribution in [3.05, 3.63) is 0 Å². The van der Waals surface area contributed by atoms with Crippen LogP contribution >= 0.6 is 11.8 Å². The lowest BCUT2D eigenvalue weighted by Gasteiger charge is -2.18. The minimum absolute atomic E-state index is 0.113. The summed E-state index contributed by atoms with van der Waals surface area (Å²) in [5.74, 6) is -0.350. The van der Waals surface area contributed by atoms with E-state index in [0.29, 0.717) is 5.92 Å². The molecule has 1 saturated heterocycles. The monoisotopic (exact) mass is 203 g/mol. The summed E-state index contributed by atoms with van der Waals surface area (Å²) in [5.41, 5.74) is 0. The topological polar surface area (TPSA) is 49.3 Å². The fourth-order valence-electron chi connectivity index (χ4n) is 1.62. The summed E-state index contributed by atoms with van der Waals surface area (Å²) in [6.07, 6.45) is 0. The molecule has 2 unspecified atom stereocenters. The molecule has 0 aromatic rings. The molecule has 0 saturated carbocycles. The zero-order valence-electron chi connectivity index (χ0n) is 8.50. The van der Waals surface area contributed by atoms with Crippen LogP contribution in [0.15, 0.2) is 0 Å². The quantitative estimate of drug-likeness (QED) is 0.714. The lowest BCUT2D eigenvalue weighted by molar-refractivity contribution is -0.139. The number of aliphatic carboxylic acids is 1. The van der Waals surface area contributed by atoms with Crippen LogP contribution in [-0.2, 0) is 4.79 Å². The SMILES string of the molecule is CC(C)C1SC(C)(C)NC1C(=O)O. The van der Waals surface area contributed by atoms with Crippen LogP contribution in [-0.4, -0.2) is 27.2 Å². The first-order chi connectivity index (χ1) is 5.83. The van der Waals surface area contributed by atoms with E-state index in [1.54, 1.807) is 11.8 Å². The molecule has 1 heterocycles. The molecule has 4 heteroatoms. The molecule has 2 atom stereocenters. The number of carbonyl (C=O) groups is 1. The predicted octanol–water partition coefficient (Wildman–Crippen LogP) is 1.54. The van der Waals surface area contributed by atoms with Gasteiger partial charge >= 0.3 is 5.97 Å². The third-order valence-electron chi connectivity index (χ3n) is 2.19. The van der Waals surface area contributed by atoms with E-state index in [2.05, 4.69) is 19.2 Å². The molecule has 0 bridgehead atoms. The molecule has 0 aromatic carbocycles. The molecule has 3 nitrogen and oxygen atoms in total. The lowest BCUT2D eigenvalue weighted by Crippen LogP contribution is -2.44. The van der Waals surface area contributed by atoms with Crippen molar-refractivity contribution in [1.29, 1.82) is 0 Å². The van der Waals surface area contributed by atoms with E-state index in [4.69, 9.17) is 5.11 Å². The highest BCUT2D eigenvalue weighted by atomic mass is 32.2. The van der Waals surface area contributed by atoms with Crippen molar-refractivity contribution in [2.24, 2.45) is 5.92 Å². The Morgan fingerprint density at radius 3 is 2.38 bits per heavy atom. The van der Waals surface area contributed by atoms with E-state index in [-0.39, 0.29) is 10.1 Å². The highest BCUT2D eigenvalue weighted by Crippen LogP contribution is 2.39. The number of rotatable bonds is 2. The summed E-state index contributed by atoms with van der Waals surface area (Å²) in [4.78, 5) is 10.8. The molecule has 1 rings (SSSR count). The molecular formula is C9H17NO2S. The van der Waals surface area contributed by atoms with Crippen LogP contribution in [0.4, 0.5) is 0 Å². The van der Waals surface area contributed by atoms with Gasteiger partial charge in [-0.05, 0) is 19.8 Å². The largest absolute Gasteiger partial charge is 0.480 e. The van der Waals surface area contributed by atoms with E-state index < -0.39 is 12.0 Å². The zero-order chi connectivity index (χ0) is 10.2. The van der Waals surface area contributed by atoms with Crippen molar-refractivity contribution in [2.75, 3.05) is 0 Å². The summed E-state index contributed by atoms with van der Waals surface area (Å²) in [6.45, 7) is 8.18. The van der Waals surface area contributed by atoms with E-state index in [0.717, 1.165) is 0 Å². The third-order valence-corrected chi connectivity index (χ3v) is 3.98. The molecule has 1 fully saturated rings. The van der Waals surface area contributed by atoms with Crippen LogP contribution in [0.2, 0.25) is 0 Å². The van der Waals surface area contributed by atoms with Crippen molar-refractivity contribution in [2.45, 2.75) is 43.9 Å². The molecular weight excluding hydrogens is 186 g/mol. The van der Waals surface area contributed by atoms with Crippen molar-refractivity contribution >= 4 is 17.7 Å². The normalized spacial score (nSPS) is 32.4. The number of hydrogen-bond donors (Lipinski definition) is 2. The Hall–Kier alpha value is -0.220. The van der Waals surface area contributed by atoms with Gasteiger partial charge in [0.25, 0.3) is 0 Å². The standard InChI is InChI=1S/C9H17NO2S/c1-5(2)7-6(8(11)12)10-9(3,4)13-7/h5-7,10H,1-4H3,(H,11,12). The Labute approximate surface area is 83.3 Å². The highest BCUT2D eigenvalue weighted by molar-refractivity contribution is 8.01. The van der Waals surface area contributed by atoms with Gasteiger partial charge in [-0.1, -0.05) is 13.8 Å². The molecule has 0 amide bonds. The minimum atomic E-state index is -0.739. The van der Waals surface area contributed by atoms with Crippen LogP contribution < -0.4 is 5.32 Å². The summed E-state index contributed by atoms with van der Waals surface area (Å²) in [7, 11) is 0. The van der Waals surface area contributed by atoms with Crippen LogP contribution in [0, 0.1) is 5.92 Å². The van der Waals surface area contributed by atoms with Gasteiger partial charge in [0, 0.05) is 5.25 Å². The number of carboxylic acids is 1. The maximum Gasteiger partial charge on any atom is 0.321 e. The second kappa shape index (κ2) is 3.50. The molecule has 0 aliphatic carbocycles. The summed E-state index contributed by atoms with van der Waals surface area (Å²) in [6, 6.07) is -0.403. The first kappa shape index (κ1) is 10.9. The average molecular weight is 203 g/mol. The molecule has 1 aliphatic rings. The van der Waals surface area contributed by atoms with Gasteiger partial charge in [0.2, 0.25) is 0 Å². The summed E-state index contributed by atoms with van der Waals surface area (Å²) < 4.78 is 0. The van der Waals surface area contributed by atoms with Crippen molar-refractivity contribution in [1.82, 2.24) is 5.32 Å². The maximum absolute atomic E-state index is 10.9. The summed E-state index contributed by atoms with van der Waals surface area (Å²) >= 11 is 1.72. The Kier molecular flexibility index (Phi) is 2.92. The van der Waals surface area contributed by atoms with Gasteiger partial charge in [0.1, 0.15) is 6.04 Å². The van der Waals surface area contributed by atoms with E-state index in [9.17, 15) is 4.79 Å². The van der Waals surface area contributed by atoms with Gasteiger partial charge in [-0.2, -0.15) is 0 Å². The Balaban J connectivity index is 2.77. The molecule has 0 spiro atoms. The number of carboxylic acid groups (broad SMARTS) is 1. The van der Waals surface area contributed by atoms with Gasteiger partial charge < -0.3 is 5.11 Å². The number of nitrogens with one attached hydrogen (secondary N) is 1. The van der Waals surface area contributed by atoms with Crippen LogP contribution in [0.3, 0.4) is 0 Å². The maximum atomic E-state index is 10.9. The second-order valence-electron chi connectivity index (χ2n) is 4.30. The Morgan fingerprint density at radius 2 is 2.08 bits per heavy atom. The zero-order valence-corrected chi connectivity index (χ0v) is 9.31. The van der Waals surface area contributed by atoms with Crippen LogP contribution in [0.5, 0.6) is 0 Å². The van der Waals surface area contributed by atoms with Crippen LogP contribution in [0.25, 0.3) is 0 Å². The fourth-order valence-corrected chi connectivity index (χ4v) is 3.09. The molecule has 0 aromatic heterocycles. The van der Waals surface area contributed by atoms with Gasteiger partial charge in [-0.15, -0.1) is 11.8 Å². The molecule has 2 N–H and O–H groups in total. The van der Waals surface area contributed by atoms with Crippen LogP contribution in [0.1, 0.15) is 27.7 Å². The van der Waals surface area contributed by atoms with Gasteiger partial charge in [0.05, 0.1) is 4.87 Å². The van der Waals surface area contributed by atoms with E-state index in [1.165, 1.54) is 0 Å². The molecule has 1 aliphatic heterocycles. The third kappa shape index (κ3) is 2.38. The molecule has 0 radical (unpaired) electrons. The van der Waals surface area contributed by atoms with Crippen molar-refractivity contribution in [3.8, 4) is 0 Å². The van der Waals surface area contributed by atoms with Crippen molar-refractivity contribution < 1.29 is 9.90 Å². The molecule has 13 heavy (non-hydrogen) atoms. The predicted molar refractivity (Wildman–Crippen MR) is 54.9 cm³/mol. The van der Waals surface area contributed by atoms with E-state index in [1.807, 2.05) is 13.8 Å². The Bertz CT molecular complexity index is 216. The average Bonchev–Trinajstić information content (AvgIpc) is 2.26. The minimum Gasteiger partial charge on any atom is -0.480 e. The summed E-state index contributed by atoms with van der Waals surface area (Å²) in [5, 5.41) is 12.3. The second-order valence-corrected chi connectivity index (χ2v) is 6.10. The van der Waals surface area contributed by atoms with Crippen molar-refractivity contribution in [3.63, 3.8) is 0 Å². The van der Waals surface area contributed by atoms with Gasteiger partial charge in [-0.25, -0.2) is 0 Å². The number of thioether (sulfide) groups is 1. The van der Waals surface area contributed by atoms with Gasteiger partial charge in [-0.3, -0.25) is 10.1 Å².